The average molecular weight is 231 g/mol. The van der Waals surface area contributed by atoms with Crippen molar-refractivity contribution in [3.05, 3.63) is 36.0 Å². The summed E-state index contributed by atoms with van der Waals surface area (Å²) in [5.74, 6) is -0.273. The van der Waals surface area contributed by atoms with Crippen molar-refractivity contribution in [1.82, 2.24) is 10.3 Å². The van der Waals surface area contributed by atoms with Crippen molar-refractivity contribution in [2.75, 3.05) is 0 Å². The van der Waals surface area contributed by atoms with Crippen molar-refractivity contribution >= 4 is 16.8 Å². The fraction of sp³-hybridized carbons (Fsp3) is 0.308. The van der Waals surface area contributed by atoms with Crippen molar-refractivity contribution in [2.45, 2.75) is 25.9 Å². The molecular formula is C13H17N3O. The lowest BCUT2D eigenvalue weighted by atomic mass is 10.1. The minimum absolute atomic E-state index is 0.104. The minimum Gasteiger partial charge on any atom is -0.370 e. The van der Waals surface area contributed by atoms with Crippen LogP contribution in [-0.2, 0) is 11.3 Å². The van der Waals surface area contributed by atoms with Gasteiger partial charge in [-0.2, -0.15) is 0 Å². The normalized spacial score (nSPS) is 12.8. The molecule has 1 heterocycles. The van der Waals surface area contributed by atoms with Crippen LogP contribution in [0, 0.1) is 0 Å². The Kier molecular flexibility index (Phi) is 3.44. The summed E-state index contributed by atoms with van der Waals surface area (Å²) in [5, 5.41) is 4.48. The summed E-state index contributed by atoms with van der Waals surface area (Å²) in [6.07, 6.45) is 2.29. The molecule has 0 aliphatic carbocycles. The van der Waals surface area contributed by atoms with E-state index in [2.05, 4.69) is 28.5 Å². The third-order valence-electron chi connectivity index (χ3n) is 2.78. The number of aromatic amines is 1. The first-order chi connectivity index (χ1) is 8.15. The highest BCUT2D eigenvalue weighted by atomic mass is 16.1. The number of carbonyl (C=O) groups excluding carboxylic acids is 1. The highest BCUT2D eigenvalue weighted by Crippen LogP contribution is 2.14. The summed E-state index contributed by atoms with van der Waals surface area (Å²) in [6.45, 7) is 2.70. The Balaban J connectivity index is 1.96. The van der Waals surface area contributed by atoms with Crippen molar-refractivity contribution in [2.24, 2.45) is 5.73 Å². The Hall–Kier alpha value is -1.81. The molecule has 4 heteroatoms. The van der Waals surface area contributed by atoms with E-state index in [0.717, 1.165) is 12.1 Å². The van der Waals surface area contributed by atoms with Crippen LogP contribution in [0.4, 0.5) is 0 Å². The van der Waals surface area contributed by atoms with Gasteiger partial charge in [0.1, 0.15) is 0 Å². The molecule has 0 saturated heterocycles. The number of aromatic nitrogens is 1. The lowest BCUT2D eigenvalue weighted by molar-refractivity contribution is -0.118. The number of benzene rings is 1. The van der Waals surface area contributed by atoms with Gasteiger partial charge in [0.15, 0.2) is 0 Å². The Morgan fingerprint density at radius 1 is 1.47 bits per heavy atom. The Morgan fingerprint density at radius 3 is 3.06 bits per heavy atom. The summed E-state index contributed by atoms with van der Waals surface area (Å²) in [5.41, 5.74) is 7.46. The summed E-state index contributed by atoms with van der Waals surface area (Å²) < 4.78 is 0. The molecule has 0 saturated carbocycles. The SMILES string of the molecule is CC(CC(N)=O)NCc1ccc2cc[nH]c2c1. The number of hydrogen-bond acceptors (Lipinski definition) is 2. The number of nitrogens with one attached hydrogen (secondary N) is 2. The molecule has 0 bridgehead atoms. The van der Waals surface area contributed by atoms with Gasteiger partial charge < -0.3 is 16.0 Å². The van der Waals surface area contributed by atoms with Crippen molar-refractivity contribution in [3.63, 3.8) is 0 Å². The van der Waals surface area contributed by atoms with Gasteiger partial charge in [0.2, 0.25) is 5.91 Å². The number of primary amides is 1. The van der Waals surface area contributed by atoms with Gasteiger partial charge in [0.05, 0.1) is 0 Å². The number of fused-ring (bicyclic) bond motifs is 1. The largest absolute Gasteiger partial charge is 0.370 e. The van der Waals surface area contributed by atoms with E-state index < -0.39 is 0 Å². The first-order valence-electron chi connectivity index (χ1n) is 5.73. The minimum atomic E-state index is -0.273. The monoisotopic (exact) mass is 231 g/mol. The topological polar surface area (TPSA) is 70.9 Å². The zero-order chi connectivity index (χ0) is 12.3. The van der Waals surface area contributed by atoms with E-state index >= 15 is 0 Å². The van der Waals surface area contributed by atoms with Crippen molar-refractivity contribution in [1.29, 1.82) is 0 Å². The smallest absolute Gasteiger partial charge is 0.218 e. The summed E-state index contributed by atoms with van der Waals surface area (Å²) >= 11 is 0. The second-order valence-electron chi connectivity index (χ2n) is 4.35. The van der Waals surface area contributed by atoms with Crippen LogP contribution in [0.1, 0.15) is 18.9 Å². The number of hydrogen-bond donors (Lipinski definition) is 3. The van der Waals surface area contributed by atoms with Crippen molar-refractivity contribution < 1.29 is 4.79 Å². The van der Waals surface area contributed by atoms with Gasteiger partial charge in [-0.3, -0.25) is 4.79 Å². The maximum Gasteiger partial charge on any atom is 0.218 e. The van der Waals surface area contributed by atoms with Crippen LogP contribution < -0.4 is 11.1 Å². The van der Waals surface area contributed by atoms with E-state index in [1.807, 2.05) is 19.2 Å². The third-order valence-corrected chi connectivity index (χ3v) is 2.78. The lowest BCUT2D eigenvalue weighted by Crippen LogP contribution is -2.30. The van der Waals surface area contributed by atoms with Gasteiger partial charge in [-0.05, 0) is 30.0 Å². The molecule has 17 heavy (non-hydrogen) atoms. The fourth-order valence-corrected chi connectivity index (χ4v) is 1.87. The van der Waals surface area contributed by atoms with Crippen LogP contribution in [-0.4, -0.2) is 16.9 Å². The lowest BCUT2D eigenvalue weighted by Gasteiger charge is -2.11. The van der Waals surface area contributed by atoms with Gasteiger partial charge in [0.25, 0.3) is 0 Å². The zero-order valence-electron chi connectivity index (χ0n) is 9.86. The molecule has 4 nitrogen and oxygen atoms in total. The van der Waals surface area contributed by atoms with Gasteiger partial charge >= 0.3 is 0 Å². The van der Waals surface area contributed by atoms with Crippen molar-refractivity contribution in [3.8, 4) is 0 Å². The zero-order valence-corrected chi connectivity index (χ0v) is 9.86. The Bertz CT molecular complexity index is 518. The van der Waals surface area contributed by atoms with Gasteiger partial charge in [-0.15, -0.1) is 0 Å². The van der Waals surface area contributed by atoms with Gasteiger partial charge in [0, 0.05) is 30.7 Å². The number of amides is 1. The Labute approximate surface area is 100 Å². The maximum absolute atomic E-state index is 10.7. The standard InChI is InChI=1S/C13H17N3O/c1-9(6-13(14)17)16-8-10-2-3-11-4-5-15-12(11)7-10/h2-5,7,9,15-16H,6,8H2,1H3,(H2,14,17). The fourth-order valence-electron chi connectivity index (χ4n) is 1.87. The maximum atomic E-state index is 10.7. The predicted octanol–water partition coefficient (Wildman–Crippen LogP) is 1.52. The highest BCUT2D eigenvalue weighted by Gasteiger charge is 2.05. The molecule has 1 aromatic carbocycles. The van der Waals surface area contributed by atoms with E-state index in [0.29, 0.717) is 6.42 Å². The van der Waals surface area contributed by atoms with E-state index in [4.69, 9.17) is 5.73 Å². The number of nitrogens with two attached hydrogens (primary N) is 1. The first-order valence-corrected chi connectivity index (χ1v) is 5.73. The quantitative estimate of drug-likeness (QED) is 0.730. The highest BCUT2D eigenvalue weighted by molar-refractivity contribution is 5.79. The molecule has 0 fully saturated rings. The molecule has 4 N–H and O–H groups in total. The summed E-state index contributed by atoms with van der Waals surface area (Å²) in [7, 11) is 0. The predicted molar refractivity (Wildman–Crippen MR) is 68.4 cm³/mol. The molecule has 1 unspecified atom stereocenters. The second-order valence-corrected chi connectivity index (χ2v) is 4.35. The third kappa shape index (κ3) is 3.07. The summed E-state index contributed by atoms with van der Waals surface area (Å²) in [4.78, 5) is 13.9. The number of rotatable bonds is 5. The van der Waals surface area contributed by atoms with Crippen LogP contribution in [0.3, 0.4) is 0 Å². The van der Waals surface area contributed by atoms with E-state index in [9.17, 15) is 4.79 Å². The molecule has 90 valence electrons. The summed E-state index contributed by atoms with van der Waals surface area (Å²) in [6, 6.07) is 8.43. The molecule has 0 spiro atoms. The van der Waals surface area contributed by atoms with E-state index in [-0.39, 0.29) is 11.9 Å². The average Bonchev–Trinajstić information content (AvgIpc) is 2.72. The number of carbonyl (C=O) groups is 1. The van der Waals surface area contributed by atoms with E-state index in [1.165, 1.54) is 10.9 Å². The van der Waals surface area contributed by atoms with Crippen LogP contribution in [0.2, 0.25) is 0 Å². The molecule has 1 amide bonds. The number of H-pyrrole nitrogens is 1. The molecule has 0 aliphatic rings. The second kappa shape index (κ2) is 5.01. The molecule has 1 atom stereocenters. The van der Waals surface area contributed by atoms with Gasteiger partial charge in [-0.25, -0.2) is 0 Å². The molecule has 0 aliphatic heterocycles. The molecule has 0 radical (unpaired) electrons. The van der Waals surface area contributed by atoms with Crippen LogP contribution in [0.15, 0.2) is 30.5 Å². The van der Waals surface area contributed by atoms with E-state index in [1.54, 1.807) is 0 Å². The molecular weight excluding hydrogens is 214 g/mol. The van der Waals surface area contributed by atoms with Crippen LogP contribution in [0.25, 0.3) is 10.9 Å². The first kappa shape index (κ1) is 11.7. The van der Waals surface area contributed by atoms with Gasteiger partial charge in [-0.1, -0.05) is 12.1 Å². The Morgan fingerprint density at radius 2 is 2.29 bits per heavy atom. The molecule has 2 aromatic rings. The molecule has 2 rings (SSSR count). The van der Waals surface area contributed by atoms with Crippen LogP contribution in [0.5, 0.6) is 0 Å². The molecule has 1 aromatic heterocycles. The van der Waals surface area contributed by atoms with Crippen LogP contribution >= 0.6 is 0 Å².